The topological polar surface area (TPSA) is 83.8 Å². The lowest BCUT2D eigenvalue weighted by molar-refractivity contribution is -0.117. The number of rotatable bonds is 4. The molecular formula is C11H14N4OS. The molecule has 17 heavy (non-hydrogen) atoms. The third-order valence-electron chi connectivity index (χ3n) is 2.40. The van der Waals surface area contributed by atoms with Crippen LogP contribution in [0.3, 0.4) is 0 Å². The van der Waals surface area contributed by atoms with Crippen molar-refractivity contribution >= 4 is 23.1 Å². The van der Waals surface area contributed by atoms with Crippen LogP contribution in [0.25, 0.3) is 0 Å². The lowest BCUT2D eigenvalue weighted by Gasteiger charge is -2.08. The van der Waals surface area contributed by atoms with E-state index in [-0.39, 0.29) is 5.91 Å². The zero-order chi connectivity index (χ0) is 12.3. The van der Waals surface area contributed by atoms with Crippen molar-refractivity contribution in [2.24, 2.45) is 5.73 Å². The Morgan fingerprint density at radius 2 is 2.53 bits per heavy atom. The molecule has 6 heteroatoms. The fourth-order valence-corrected chi connectivity index (χ4v) is 2.13. The maximum absolute atomic E-state index is 11.8. The van der Waals surface area contributed by atoms with Gasteiger partial charge in [-0.25, -0.2) is 0 Å². The van der Waals surface area contributed by atoms with Crippen LogP contribution in [0.2, 0.25) is 0 Å². The summed E-state index contributed by atoms with van der Waals surface area (Å²) in [7, 11) is 0. The van der Waals surface area contributed by atoms with Crippen molar-refractivity contribution in [1.82, 2.24) is 10.2 Å². The van der Waals surface area contributed by atoms with E-state index >= 15 is 0 Å². The SMILES string of the molecule is CCc1cc(NC(=O)C(N)c2cccs2)n[nH]1. The first-order valence-corrected chi connectivity index (χ1v) is 6.22. The zero-order valence-electron chi connectivity index (χ0n) is 9.43. The monoisotopic (exact) mass is 250 g/mol. The van der Waals surface area contributed by atoms with Crippen molar-refractivity contribution in [3.63, 3.8) is 0 Å². The summed E-state index contributed by atoms with van der Waals surface area (Å²) < 4.78 is 0. The number of carbonyl (C=O) groups excluding carboxylic acids is 1. The maximum atomic E-state index is 11.8. The number of nitrogens with two attached hydrogens (primary N) is 1. The van der Waals surface area contributed by atoms with E-state index in [1.807, 2.05) is 24.4 Å². The number of hydrogen-bond acceptors (Lipinski definition) is 4. The molecule has 2 heterocycles. The summed E-state index contributed by atoms with van der Waals surface area (Å²) in [6.07, 6.45) is 0.847. The number of aryl methyl sites for hydroxylation is 1. The summed E-state index contributed by atoms with van der Waals surface area (Å²) in [5, 5.41) is 11.4. The van der Waals surface area contributed by atoms with E-state index in [9.17, 15) is 4.79 Å². The van der Waals surface area contributed by atoms with Crippen molar-refractivity contribution in [3.8, 4) is 0 Å². The van der Waals surface area contributed by atoms with Gasteiger partial charge in [-0.2, -0.15) is 5.10 Å². The molecule has 2 aromatic heterocycles. The number of aromatic nitrogens is 2. The number of hydrogen-bond donors (Lipinski definition) is 3. The minimum absolute atomic E-state index is 0.249. The van der Waals surface area contributed by atoms with Crippen LogP contribution in [0, 0.1) is 0 Å². The maximum Gasteiger partial charge on any atom is 0.247 e. The Morgan fingerprint density at radius 3 is 3.12 bits per heavy atom. The van der Waals surface area contributed by atoms with E-state index in [0.717, 1.165) is 17.0 Å². The Hall–Kier alpha value is -1.66. The molecule has 1 atom stereocenters. The van der Waals surface area contributed by atoms with E-state index < -0.39 is 6.04 Å². The normalized spacial score (nSPS) is 12.4. The minimum atomic E-state index is -0.642. The van der Waals surface area contributed by atoms with Crippen LogP contribution in [-0.2, 0) is 11.2 Å². The Kier molecular flexibility index (Phi) is 3.55. The van der Waals surface area contributed by atoms with Crippen LogP contribution in [0.15, 0.2) is 23.6 Å². The number of carbonyl (C=O) groups is 1. The molecule has 2 aromatic rings. The first kappa shape index (κ1) is 11.8. The zero-order valence-corrected chi connectivity index (χ0v) is 10.3. The highest BCUT2D eigenvalue weighted by Crippen LogP contribution is 2.18. The Bertz CT molecular complexity index is 491. The summed E-state index contributed by atoms with van der Waals surface area (Å²) in [5.74, 6) is 0.264. The number of thiophene rings is 1. The highest BCUT2D eigenvalue weighted by Gasteiger charge is 2.17. The Labute approximate surface area is 103 Å². The van der Waals surface area contributed by atoms with Gasteiger partial charge in [-0.05, 0) is 17.9 Å². The van der Waals surface area contributed by atoms with E-state index in [2.05, 4.69) is 15.5 Å². The van der Waals surface area contributed by atoms with Crippen molar-refractivity contribution in [3.05, 3.63) is 34.2 Å². The van der Waals surface area contributed by atoms with Gasteiger partial charge in [0.15, 0.2) is 5.82 Å². The largest absolute Gasteiger partial charge is 0.316 e. The van der Waals surface area contributed by atoms with Crippen molar-refractivity contribution in [2.45, 2.75) is 19.4 Å². The van der Waals surface area contributed by atoms with Crippen LogP contribution in [0.4, 0.5) is 5.82 Å². The molecule has 1 unspecified atom stereocenters. The molecule has 2 rings (SSSR count). The van der Waals surface area contributed by atoms with E-state index in [1.165, 1.54) is 11.3 Å². The van der Waals surface area contributed by atoms with Crippen LogP contribution >= 0.6 is 11.3 Å². The van der Waals surface area contributed by atoms with Gasteiger partial charge < -0.3 is 11.1 Å². The lowest BCUT2D eigenvalue weighted by Crippen LogP contribution is -2.27. The van der Waals surface area contributed by atoms with Gasteiger partial charge in [0.2, 0.25) is 5.91 Å². The average molecular weight is 250 g/mol. The highest BCUT2D eigenvalue weighted by molar-refractivity contribution is 7.10. The standard InChI is InChI=1S/C11H14N4OS/c1-2-7-6-9(15-14-7)13-11(16)10(12)8-4-3-5-17-8/h3-6,10H,2,12H2,1H3,(H2,13,14,15,16). The Morgan fingerprint density at radius 1 is 1.71 bits per heavy atom. The lowest BCUT2D eigenvalue weighted by atomic mass is 10.2. The number of aromatic amines is 1. The average Bonchev–Trinajstić information content (AvgIpc) is 2.98. The fraction of sp³-hybridized carbons (Fsp3) is 0.273. The molecular weight excluding hydrogens is 236 g/mol. The van der Waals surface area contributed by atoms with Crippen LogP contribution < -0.4 is 11.1 Å². The smallest absolute Gasteiger partial charge is 0.247 e. The van der Waals surface area contributed by atoms with Gasteiger partial charge in [-0.1, -0.05) is 13.0 Å². The quantitative estimate of drug-likeness (QED) is 0.771. The van der Waals surface area contributed by atoms with E-state index in [1.54, 1.807) is 6.07 Å². The number of nitrogens with zero attached hydrogens (tertiary/aromatic N) is 1. The fourth-order valence-electron chi connectivity index (χ4n) is 1.41. The molecule has 4 N–H and O–H groups in total. The van der Waals surface area contributed by atoms with Gasteiger partial charge in [0.05, 0.1) is 0 Å². The van der Waals surface area contributed by atoms with Crippen molar-refractivity contribution < 1.29 is 4.79 Å². The molecule has 0 radical (unpaired) electrons. The third kappa shape index (κ3) is 2.72. The molecule has 0 saturated carbocycles. The van der Waals surface area contributed by atoms with Gasteiger partial charge in [0.1, 0.15) is 6.04 Å². The Balaban J connectivity index is 2.01. The summed E-state index contributed by atoms with van der Waals surface area (Å²) in [6, 6.07) is 4.88. The molecule has 0 aliphatic carbocycles. The van der Waals surface area contributed by atoms with Gasteiger partial charge in [-0.3, -0.25) is 9.89 Å². The molecule has 0 fully saturated rings. The molecule has 5 nitrogen and oxygen atoms in total. The summed E-state index contributed by atoms with van der Waals surface area (Å²) in [4.78, 5) is 12.7. The molecule has 90 valence electrons. The second kappa shape index (κ2) is 5.11. The first-order chi connectivity index (χ1) is 8.20. The van der Waals surface area contributed by atoms with Crippen molar-refractivity contribution in [2.75, 3.05) is 5.32 Å². The molecule has 1 amide bonds. The number of H-pyrrole nitrogens is 1. The first-order valence-electron chi connectivity index (χ1n) is 5.35. The second-order valence-corrected chi connectivity index (χ2v) is 4.59. The summed E-state index contributed by atoms with van der Waals surface area (Å²) in [5.41, 5.74) is 6.81. The van der Waals surface area contributed by atoms with Crippen LogP contribution in [-0.4, -0.2) is 16.1 Å². The van der Waals surface area contributed by atoms with Gasteiger partial charge >= 0.3 is 0 Å². The summed E-state index contributed by atoms with van der Waals surface area (Å²) in [6.45, 7) is 2.01. The predicted octanol–water partition coefficient (Wildman–Crippen LogP) is 1.67. The number of nitrogens with one attached hydrogen (secondary N) is 2. The highest BCUT2D eigenvalue weighted by atomic mass is 32.1. The van der Waals surface area contributed by atoms with Crippen molar-refractivity contribution in [1.29, 1.82) is 0 Å². The number of anilines is 1. The molecule has 0 aliphatic heterocycles. The van der Waals surface area contributed by atoms with Gasteiger partial charge in [0, 0.05) is 16.6 Å². The predicted molar refractivity (Wildman–Crippen MR) is 67.8 cm³/mol. The summed E-state index contributed by atoms with van der Waals surface area (Å²) >= 11 is 1.47. The molecule has 0 aromatic carbocycles. The van der Waals surface area contributed by atoms with Gasteiger partial charge in [0.25, 0.3) is 0 Å². The molecule has 0 aliphatic rings. The van der Waals surface area contributed by atoms with E-state index in [0.29, 0.717) is 5.82 Å². The van der Waals surface area contributed by atoms with Gasteiger partial charge in [-0.15, -0.1) is 11.3 Å². The van der Waals surface area contributed by atoms with E-state index in [4.69, 9.17) is 5.73 Å². The molecule has 0 saturated heterocycles. The van der Waals surface area contributed by atoms with Crippen LogP contribution in [0.5, 0.6) is 0 Å². The minimum Gasteiger partial charge on any atom is -0.316 e. The number of amides is 1. The van der Waals surface area contributed by atoms with Crippen LogP contribution in [0.1, 0.15) is 23.5 Å². The molecule has 0 spiro atoms. The third-order valence-corrected chi connectivity index (χ3v) is 3.35. The molecule has 0 bridgehead atoms. The second-order valence-electron chi connectivity index (χ2n) is 3.61.